The van der Waals surface area contributed by atoms with Crippen LogP contribution in [0.2, 0.25) is 0 Å². The standard InChI is InChI=1S/C15H22N2/c1-12-4-6-17(7-5-12)11-13-2-3-14-9-16-10-15(14)8-13/h2-3,8,12,16H,4-7,9-11H2,1H3. The molecule has 2 aliphatic heterocycles. The first kappa shape index (κ1) is 11.2. The highest BCUT2D eigenvalue weighted by atomic mass is 15.1. The van der Waals surface area contributed by atoms with Crippen LogP contribution < -0.4 is 5.32 Å². The molecule has 1 aromatic carbocycles. The molecule has 0 amide bonds. The zero-order valence-corrected chi connectivity index (χ0v) is 10.7. The fourth-order valence-electron chi connectivity index (χ4n) is 2.92. The van der Waals surface area contributed by atoms with E-state index >= 15 is 0 Å². The molecule has 0 radical (unpaired) electrons. The van der Waals surface area contributed by atoms with Crippen LogP contribution in [0.4, 0.5) is 0 Å². The molecule has 3 rings (SSSR count). The van der Waals surface area contributed by atoms with E-state index < -0.39 is 0 Å². The van der Waals surface area contributed by atoms with Crippen molar-refractivity contribution in [3.05, 3.63) is 34.9 Å². The molecule has 17 heavy (non-hydrogen) atoms. The molecule has 0 spiro atoms. The van der Waals surface area contributed by atoms with Gasteiger partial charge in [-0.3, -0.25) is 4.90 Å². The van der Waals surface area contributed by atoms with Crippen LogP contribution in [-0.4, -0.2) is 18.0 Å². The van der Waals surface area contributed by atoms with E-state index in [0.29, 0.717) is 0 Å². The summed E-state index contributed by atoms with van der Waals surface area (Å²) in [5, 5.41) is 3.41. The van der Waals surface area contributed by atoms with Gasteiger partial charge in [0.1, 0.15) is 0 Å². The predicted molar refractivity (Wildman–Crippen MR) is 70.7 cm³/mol. The van der Waals surface area contributed by atoms with E-state index in [1.54, 1.807) is 0 Å². The number of likely N-dealkylation sites (tertiary alicyclic amines) is 1. The molecule has 1 aromatic rings. The Morgan fingerprint density at radius 3 is 2.76 bits per heavy atom. The van der Waals surface area contributed by atoms with Crippen LogP contribution in [0.1, 0.15) is 36.5 Å². The molecule has 2 aliphatic rings. The Morgan fingerprint density at radius 1 is 1.18 bits per heavy atom. The lowest BCUT2D eigenvalue weighted by Gasteiger charge is -2.30. The second-order valence-corrected chi connectivity index (χ2v) is 5.67. The smallest absolute Gasteiger partial charge is 0.0233 e. The van der Waals surface area contributed by atoms with Gasteiger partial charge in [0.25, 0.3) is 0 Å². The Hall–Kier alpha value is -0.860. The number of piperidine rings is 1. The molecule has 0 bridgehead atoms. The van der Waals surface area contributed by atoms with Crippen LogP contribution in [-0.2, 0) is 19.6 Å². The maximum absolute atomic E-state index is 3.41. The Bertz CT molecular complexity index is 392. The van der Waals surface area contributed by atoms with Gasteiger partial charge in [-0.25, -0.2) is 0 Å². The van der Waals surface area contributed by atoms with Gasteiger partial charge in [0, 0.05) is 19.6 Å². The number of rotatable bonds is 2. The third-order valence-corrected chi connectivity index (χ3v) is 4.18. The molecule has 0 aliphatic carbocycles. The van der Waals surface area contributed by atoms with Gasteiger partial charge in [-0.15, -0.1) is 0 Å². The van der Waals surface area contributed by atoms with E-state index in [4.69, 9.17) is 0 Å². The average molecular weight is 230 g/mol. The summed E-state index contributed by atoms with van der Waals surface area (Å²) in [5.41, 5.74) is 4.48. The number of nitrogens with one attached hydrogen (secondary N) is 1. The van der Waals surface area contributed by atoms with Crippen LogP contribution in [0, 0.1) is 5.92 Å². The van der Waals surface area contributed by atoms with Crippen molar-refractivity contribution in [1.29, 1.82) is 0 Å². The van der Waals surface area contributed by atoms with Crippen molar-refractivity contribution in [3.8, 4) is 0 Å². The Kier molecular flexibility index (Phi) is 3.17. The summed E-state index contributed by atoms with van der Waals surface area (Å²) in [6.45, 7) is 8.17. The molecule has 1 fully saturated rings. The highest BCUT2D eigenvalue weighted by molar-refractivity contribution is 5.34. The number of fused-ring (bicyclic) bond motifs is 1. The zero-order chi connectivity index (χ0) is 11.7. The topological polar surface area (TPSA) is 15.3 Å². The molecule has 92 valence electrons. The summed E-state index contributed by atoms with van der Waals surface area (Å²) in [4.78, 5) is 2.60. The number of benzene rings is 1. The molecule has 0 atom stereocenters. The second-order valence-electron chi connectivity index (χ2n) is 5.67. The van der Waals surface area contributed by atoms with Gasteiger partial charge in [0.15, 0.2) is 0 Å². The van der Waals surface area contributed by atoms with Crippen molar-refractivity contribution in [3.63, 3.8) is 0 Å². The fraction of sp³-hybridized carbons (Fsp3) is 0.600. The monoisotopic (exact) mass is 230 g/mol. The highest BCUT2D eigenvalue weighted by Gasteiger charge is 2.16. The Balaban J connectivity index is 1.65. The molecular weight excluding hydrogens is 208 g/mol. The number of hydrogen-bond acceptors (Lipinski definition) is 2. The summed E-state index contributed by atoms with van der Waals surface area (Å²) in [5.74, 6) is 0.926. The molecule has 0 aromatic heterocycles. The van der Waals surface area contributed by atoms with Crippen LogP contribution in [0.25, 0.3) is 0 Å². The predicted octanol–water partition coefficient (Wildman–Crippen LogP) is 2.52. The quantitative estimate of drug-likeness (QED) is 0.840. The highest BCUT2D eigenvalue weighted by Crippen LogP contribution is 2.21. The van der Waals surface area contributed by atoms with Gasteiger partial charge < -0.3 is 5.32 Å². The lowest BCUT2D eigenvalue weighted by atomic mass is 9.98. The molecule has 2 nitrogen and oxygen atoms in total. The van der Waals surface area contributed by atoms with Gasteiger partial charge >= 0.3 is 0 Å². The van der Waals surface area contributed by atoms with Crippen molar-refractivity contribution in [2.45, 2.75) is 39.4 Å². The molecule has 2 heterocycles. The lowest BCUT2D eigenvalue weighted by molar-refractivity contribution is 0.185. The van der Waals surface area contributed by atoms with Crippen molar-refractivity contribution in [1.82, 2.24) is 10.2 Å². The third kappa shape index (κ3) is 2.53. The van der Waals surface area contributed by atoms with Crippen LogP contribution in [0.15, 0.2) is 18.2 Å². The normalized spacial score (nSPS) is 21.7. The van der Waals surface area contributed by atoms with Gasteiger partial charge in [-0.2, -0.15) is 0 Å². The lowest BCUT2D eigenvalue weighted by Crippen LogP contribution is -2.32. The second kappa shape index (κ2) is 4.79. The van der Waals surface area contributed by atoms with Gasteiger partial charge in [0.2, 0.25) is 0 Å². The van der Waals surface area contributed by atoms with E-state index in [-0.39, 0.29) is 0 Å². The first-order chi connectivity index (χ1) is 8.31. The number of nitrogens with zero attached hydrogens (tertiary/aromatic N) is 1. The Labute approximate surface area is 104 Å². The summed E-state index contributed by atoms with van der Waals surface area (Å²) >= 11 is 0. The van der Waals surface area contributed by atoms with E-state index in [0.717, 1.165) is 25.6 Å². The maximum atomic E-state index is 3.41. The van der Waals surface area contributed by atoms with E-state index in [1.165, 1.54) is 42.6 Å². The van der Waals surface area contributed by atoms with Crippen molar-refractivity contribution in [2.75, 3.05) is 13.1 Å². The van der Waals surface area contributed by atoms with Gasteiger partial charge in [-0.05, 0) is 48.5 Å². The summed E-state index contributed by atoms with van der Waals surface area (Å²) in [7, 11) is 0. The molecule has 1 N–H and O–H groups in total. The molecule has 1 saturated heterocycles. The average Bonchev–Trinajstić information content (AvgIpc) is 2.79. The number of hydrogen-bond donors (Lipinski definition) is 1. The largest absolute Gasteiger partial charge is 0.309 e. The van der Waals surface area contributed by atoms with Crippen LogP contribution in [0.5, 0.6) is 0 Å². The first-order valence-electron chi connectivity index (χ1n) is 6.85. The van der Waals surface area contributed by atoms with Crippen molar-refractivity contribution < 1.29 is 0 Å². The summed E-state index contributed by atoms with van der Waals surface area (Å²) in [6.07, 6.45) is 2.74. The summed E-state index contributed by atoms with van der Waals surface area (Å²) < 4.78 is 0. The molecule has 0 saturated carbocycles. The minimum Gasteiger partial charge on any atom is -0.309 e. The minimum atomic E-state index is 0.926. The van der Waals surface area contributed by atoms with Crippen LogP contribution >= 0.6 is 0 Å². The molecular formula is C15H22N2. The van der Waals surface area contributed by atoms with Crippen molar-refractivity contribution in [2.24, 2.45) is 5.92 Å². The van der Waals surface area contributed by atoms with E-state index in [1.807, 2.05) is 0 Å². The molecule has 0 unspecified atom stereocenters. The van der Waals surface area contributed by atoms with E-state index in [9.17, 15) is 0 Å². The zero-order valence-electron chi connectivity index (χ0n) is 10.7. The van der Waals surface area contributed by atoms with E-state index in [2.05, 4.69) is 35.3 Å². The first-order valence-corrected chi connectivity index (χ1v) is 6.85. The minimum absolute atomic E-state index is 0.926. The van der Waals surface area contributed by atoms with Crippen molar-refractivity contribution >= 4 is 0 Å². The fourth-order valence-corrected chi connectivity index (χ4v) is 2.92. The SMILES string of the molecule is CC1CCN(Cc2ccc3c(c2)CNC3)CC1. The molecule has 2 heteroatoms. The third-order valence-electron chi connectivity index (χ3n) is 4.18. The maximum Gasteiger partial charge on any atom is 0.0233 e. The summed E-state index contributed by atoms with van der Waals surface area (Å²) in [6, 6.07) is 7.01. The van der Waals surface area contributed by atoms with Gasteiger partial charge in [0.05, 0.1) is 0 Å². The van der Waals surface area contributed by atoms with Crippen LogP contribution in [0.3, 0.4) is 0 Å². The van der Waals surface area contributed by atoms with Gasteiger partial charge in [-0.1, -0.05) is 25.1 Å². The Morgan fingerprint density at radius 2 is 1.94 bits per heavy atom.